The minimum Gasteiger partial charge on any atom is -0.299 e. The Morgan fingerprint density at radius 1 is 0.900 bits per heavy atom. The van der Waals surface area contributed by atoms with Crippen molar-refractivity contribution in [3.05, 3.63) is 70.3 Å². The van der Waals surface area contributed by atoms with Crippen LogP contribution in [0.5, 0.6) is 0 Å². The first-order chi connectivity index (χ1) is 9.70. The maximum absolute atomic E-state index is 12.2. The fraction of sp³-hybridized carbons (Fsp3) is 0.316. The van der Waals surface area contributed by atoms with E-state index in [2.05, 4.69) is 49.4 Å². The minimum atomic E-state index is 0.298. The van der Waals surface area contributed by atoms with E-state index in [1.54, 1.807) is 0 Å². The molecule has 102 valence electrons. The minimum absolute atomic E-state index is 0.298. The fourth-order valence-corrected chi connectivity index (χ4v) is 2.96. The summed E-state index contributed by atoms with van der Waals surface area (Å²) in [5.41, 5.74) is 6.44. The second-order valence-electron chi connectivity index (χ2n) is 5.83. The van der Waals surface area contributed by atoms with Gasteiger partial charge in [-0.05, 0) is 48.4 Å². The molecule has 0 saturated carbocycles. The molecule has 2 aromatic carbocycles. The van der Waals surface area contributed by atoms with Gasteiger partial charge in [0.05, 0.1) is 0 Å². The molecule has 0 heterocycles. The van der Waals surface area contributed by atoms with Gasteiger partial charge in [0.15, 0.2) is 0 Å². The van der Waals surface area contributed by atoms with E-state index in [9.17, 15) is 4.79 Å². The maximum Gasteiger partial charge on any atom is 0.141 e. The molecular formula is C19H20O. The van der Waals surface area contributed by atoms with E-state index in [-0.39, 0.29) is 0 Å². The van der Waals surface area contributed by atoms with Crippen LogP contribution in [0.3, 0.4) is 0 Å². The van der Waals surface area contributed by atoms with E-state index < -0.39 is 0 Å². The predicted octanol–water partition coefficient (Wildman–Crippen LogP) is 3.84. The van der Waals surface area contributed by atoms with Crippen molar-refractivity contribution in [1.29, 1.82) is 0 Å². The number of benzene rings is 2. The normalized spacial score (nSPS) is 13.2. The van der Waals surface area contributed by atoms with Gasteiger partial charge in [0.25, 0.3) is 0 Å². The Balaban J connectivity index is 1.65. The van der Waals surface area contributed by atoms with E-state index in [0.29, 0.717) is 18.6 Å². The maximum atomic E-state index is 12.2. The molecule has 0 aromatic heterocycles. The lowest BCUT2D eigenvalue weighted by Gasteiger charge is -2.05. The lowest BCUT2D eigenvalue weighted by atomic mass is 9.99. The van der Waals surface area contributed by atoms with E-state index in [0.717, 1.165) is 5.56 Å². The molecule has 3 rings (SSSR count). The van der Waals surface area contributed by atoms with Crippen molar-refractivity contribution in [3.8, 4) is 0 Å². The van der Waals surface area contributed by atoms with Gasteiger partial charge in [-0.3, -0.25) is 4.79 Å². The highest BCUT2D eigenvalue weighted by Gasteiger charge is 2.12. The van der Waals surface area contributed by atoms with Crippen LogP contribution in [0.15, 0.2) is 42.5 Å². The monoisotopic (exact) mass is 264 g/mol. The van der Waals surface area contributed by atoms with Crippen molar-refractivity contribution in [2.45, 2.75) is 39.0 Å². The summed E-state index contributed by atoms with van der Waals surface area (Å²) in [6.45, 7) is 2.07. The predicted molar refractivity (Wildman–Crippen MR) is 82.1 cm³/mol. The second kappa shape index (κ2) is 5.62. The van der Waals surface area contributed by atoms with Crippen LogP contribution in [0.2, 0.25) is 0 Å². The van der Waals surface area contributed by atoms with Crippen LogP contribution in [-0.2, 0) is 30.5 Å². The molecule has 2 aromatic rings. The van der Waals surface area contributed by atoms with Gasteiger partial charge in [-0.25, -0.2) is 0 Å². The summed E-state index contributed by atoms with van der Waals surface area (Å²) in [4.78, 5) is 12.2. The van der Waals surface area contributed by atoms with Gasteiger partial charge in [0.1, 0.15) is 5.78 Å². The lowest BCUT2D eigenvalue weighted by molar-refractivity contribution is -0.117. The second-order valence-corrected chi connectivity index (χ2v) is 5.83. The first-order valence-electron chi connectivity index (χ1n) is 7.38. The number of hydrogen-bond donors (Lipinski definition) is 0. The van der Waals surface area contributed by atoms with Crippen molar-refractivity contribution in [2.24, 2.45) is 0 Å². The summed E-state index contributed by atoms with van der Waals surface area (Å²) in [5, 5.41) is 0. The number of carbonyl (C=O) groups is 1. The van der Waals surface area contributed by atoms with E-state index >= 15 is 0 Å². The third-order valence-corrected chi connectivity index (χ3v) is 4.09. The zero-order valence-electron chi connectivity index (χ0n) is 12.0. The number of hydrogen-bond acceptors (Lipinski definition) is 1. The zero-order chi connectivity index (χ0) is 13.9. The molecule has 0 fully saturated rings. The number of Topliss-reactive ketones (excluding diaryl/α,β-unsaturated/α-hetero) is 1. The summed E-state index contributed by atoms with van der Waals surface area (Å²) in [5.74, 6) is 0.298. The van der Waals surface area contributed by atoms with Crippen LogP contribution < -0.4 is 0 Å². The SMILES string of the molecule is Cc1ccc(CC(=O)Cc2ccc3c(c2)CCC3)cc1. The third kappa shape index (κ3) is 2.98. The Labute approximate surface area is 120 Å². The van der Waals surface area contributed by atoms with Crippen LogP contribution in [0, 0.1) is 6.92 Å². The van der Waals surface area contributed by atoms with Crippen LogP contribution >= 0.6 is 0 Å². The Kier molecular flexibility index (Phi) is 3.68. The highest BCUT2D eigenvalue weighted by atomic mass is 16.1. The topological polar surface area (TPSA) is 17.1 Å². The molecule has 0 saturated heterocycles. The van der Waals surface area contributed by atoms with Gasteiger partial charge in [-0.1, -0.05) is 48.0 Å². The van der Waals surface area contributed by atoms with Gasteiger partial charge in [-0.2, -0.15) is 0 Å². The Morgan fingerprint density at radius 2 is 1.55 bits per heavy atom. The summed E-state index contributed by atoms with van der Waals surface area (Å²) < 4.78 is 0. The van der Waals surface area contributed by atoms with Crippen LogP contribution in [0.4, 0.5) is 0 Å². The zero-order valence-corrected chi connectivity index (χ0v) is 12.0. The molecule has 1 heteroatoms. The molecule has 0 N–H and O–H groups in total. The molecule has 0 unspecified atom stereocenters. The van der Waals surface area contributed by atoms with Crippen molar-refractivity contribution in [1.82, 2.24) is 0 Å². The molecule has 20 heavy (non-hydrogen) atoms. The van der Waals surface area contributed by atoms with Crippen molar-refractivity contribution in [3.63, 3.8) is 0 Å². The summed E-state index contributed by atoms with van der Waals surface area (Å²) in [6, 6.07) is 14.8. The van der Waals surface area contributed by atoms with Gasteiger partial charge in [0, 0.05) is 12.8 Å². The summed E-state index contributed by atoms with van der Waals surface area (Å²) in [6.07, 6.45) is 4.73. The van der Waals surface area contributed by atoms with Crippen LogP contribution in [0.1, 0.15) is 34.2 Å². The Bertz CT molecular complexity index is 623. The summed E-state index contributed by atoms with van der Waals surface area (Å²) >= 11 is 0. The van der Waals surface area contributed by atoms with Gasteiger partial charge in [0.2, 0.25) is 0 Å². The first kappa shape index (κ1) is 13.1. The van der Waals surface area contributed by atoms with Crippen molar-refractivity contribution < 1.29 is 4.79 Å². The molecule has 1 aliphatic rings. The third-order valence-electron chi connectivity index (χ3n) is 4.09. The molecule has 1 nitrogen and oxygen atoms in total. The average Bonchev–Trinajstić information content (AvgIpc) is 2.89. The molecule has 0 spiro atoms. The van der Waals surface area contributed by atoms with E-state index in [1.165, 1.54) is 41.5 Å². The first-order valence-corrected chi connectivity index (χ1v) is 7.38. The number of fused-ring (bicyclic) bond motifs is 1. The number of ketones is 1. The van der Waals surface area contributed by atoms with E-state index in [4.69, 9.17) is 0 Å². The fourth-order valence-electron chi connectivity index (χ4n) is 2.96. The highest BCUT2D eigenvalue weighted by molar-refractivity contribution is 5.83. The van der Waals surface area contributed by atoms with Gasteiger partial charge < -0.3 is 0 Å². The van der Waals surface area contributed by atoms with Crippen LogP contribution in [0.25, 0.3) is 0 Å². The number of aryl methyl sites for hydroxylation is 3. The number of carbonyl (C=O) groups excluding carboxylic acids is 1. The molecule has 1 aliphatic carbocycles. The standard InChI is InChI=1S/C19H20O/c1-14-5-7-15(8-6-14)12-19(20)13-16-9-10-17-3-2-4-18(17)11-16/h5-11H,2-4,12-13H2,1H3. The van der Waals surface area contributed by atoms with E-state index in [1.807, 2.05) is 0 Å². The molecule has 0 aliphatic heterocycles. The van der Waals surface area contributed by atoms with Crippen molar-refractivity contribution in [2.75, 3.05) is 0 Å². The smallest absolute Gasteiger partial charge is 0.141 e. The molecule has 0 amide bonds. The average molecular weight is 264 g/mol. The van der Waals surface area contributed by atoms with Gasteiger partial charge >= 0.3 is 0 Å². The Hall–Kier alpha value is -1.89. The summed E-state index contributed by atoms with van der Waals surface area (Å²) in [7, 11) is 0. The molecule has 0 atom stereocenters. The Morgan fingerprint density at radius 3 is 2.35 bits per heavy atom. The number of rotatable bonds is 4. The molecule has 0 radical (unpaired) electrons. The molecular weight excluding hydrogens is 244 g/mol. The van der Waals surface area contributed by atoms with Crippen molar-refractivity contribution >= 4 is 5.78 Å². The largest absolute Gasteiger partial charge is 0.299 e. The van der Waals surface area contributed by atoms with Crippen LogP contribution in [-0.4, -0.2) is 5.78 Å². The van der Waals surface area contributed by atoms with Gasteiger partial charge in [-0.15, -0.1) is 0 Å². The quantitative estimate of drug-likeness (QED) is 0.820. The molecule has 0 bridgehead atoms. The highest BCUT2D eigenvalue weighted by Crippen LogP contribution is 2.23. The lowest BCUT2D eigenvalue weighted by Crippen LogP contribution is -2.07.